The number of ether oxygens (including phenoxy) is 2. The number of benzene rings is 3. The van der Waals surface area contributed by atoms with Crippen LogP contribution in [0.2, 0.25) is 0 Å². The Bertz CT molecular complexity index is 1150. The van der Waals surface area contributed by atoms with E-state index in [4.69, 9.17) is 9.47 Å². The van der Waals surface area contributed by atoms with Crippen molar-refractivity contribution >= 4 is 17.5 Å². The highest BCUT2D eigenvalue weighted by Crippen LogP contribution is 2.41. The van der Waals surface area contributed by atoms with Gasteiger partial charge in [-0.2, -0.15) is 0 Å². The maximum atomic E-state index is 12.9. The summed E-state index contributed by atoms with van der Waals surface area (Å²) in [6.45, 7) is 1.73. The van der Waals surface area contributed by atoms with Crippen LogP contribution in [0.3, 0.4) is 0 Å². The Morgan fingerprint density at radius 1 is 0.968 bits per heavy atom. The van der Waals surface area contributed by atoms with Gasteiger partial charge in [-0.15, -0.1) is 0 Å². The number of carbonyl (C=O) groups excluding carboxylic acids is 2. The molecule has 1 N–H and O–H groups in total. The molecule has 156 valence electrons. The van der Waals surface area contributed by atoms with Gasteiger partial charge < -0.3 is 14.6 Å². The van der Waals surface area contributed by atoms with Gasteiger partial charge in [0, 0.05) is 17.9 Å². The second kappa shape index (κ2) is 8.88. The second-order valence-electron chi connectivity index (χ2n) is 7.42. The lowest BCUT2D eigenvalue weighted by atomic mass is 9.84. The number of hydrogen-bond acceptors (Lipinski definition) is 5. The third kappa shape index (κ3) is 4.36. The predicted octanol–water partition coefficient (Wildman–Crippen LogP) is 5.12. The van der Waals surface area contributed by atoms with E-state index in [1.807, 2.05) is 54.6 Å². The first-order chi connectivity index (χ1) is 15.0. The summed E-state index contributed by atoms with van der Waals surface area (Å²) in [4.78, 5) is 25.1. The fourth-order valence-electron chi connectivity index (χ4n) is 3.76. The van der Waals surface area contributed by atoms with Crippen molar-refractivity contribution in [1.29, 1.82) is 0 Å². The van der Waals surface area contributed by atoms with Crippen molar-refractivity contribution in [2.75, 3.05) is 6.61 Å². The van der Waals surface area contributed by atoms with Gasteiger partial charge >= 0.3 is 5.97 Å². The average molecular weight is 414 g/mol. The van der Waals surface area contributed by atoms with Gasteiger partial charge in [0.25, 0.3) is 0 Å². The van der Waals surface area contributed by atoms with E-state index in [2.05, 4.69) is 0 Å². The number of ketones is 1. The Hall–Kier alpha value is -3.86. The summed E-state index contributed by atoms with van der Waals surface area (Å²) in [6, 6.07) is 23.2. The van der Waals surface area contributed by atoms with Gasteiger partial charge in [0.05, 0.1) is 5.56 Å². The number of fused-ring (bicyclic) bond motifs is 1. The van der Waals surface area contributed by atoms with E-state index < -0.39 is 5.97 Å². The summed E-state index contributed by atoms with van der Waals surface area (Å²) in [6.07, 6.45) is 0.252. The van der Waals surface area contributed by atoms with Crippen LogP contribution >= 0.6 is 0 Å². The molecule has 0 radical (unpaired) electrons. The van der Waals surface area contributed by atoms with Crippen molar-refractivity contribution in [2.45, 2.75) is 19.3 Å². The lowest BCUT2D eigenvalue weighted by molar-refractivity contribution is -0.117. The Balaban J connectivity index is 1.84. The fourth-order valence-corrected chi connectivity index (χ4v) is 3.76. The number of phenols is 1. The molecule has 0 saturated heterocycles. The highest BCUT2D eigenvalue weighted by Gasteiger charge is 2.31. The van der Waals surface area contributed by atoms with Gasteiger partial charge in [0.1, 0.15) is 35.2 Å². The zero-order chi connectivity index (χ0) is 21.8. The number of Topliss-reactive ketones (excluding diaryl/α,β-unsaturated/α-hetero) is 1. The minimum absolute atomic E-state index is 0.0200. The van der Waals surface area contributed by atoms with E-state index in [0.717, 1.165) is 5.56 Å². The molecule has 4 rings (SSSR count). The monoisotopic (exact) mass is 414 g/mol. The van der Waals surface area contributed by atoms with Gasteiger partial charge in [-0.05, 0) is 36.8 Å². The number of aromatic hydroxyl groups is 1. The molecule has 0 aliphatic carbocycles. The molecule has 3 aromatic rings. The Labute approximate surface area is 180 Å². The van der Waals surface area contributed by atoms with Gasteiger partial charge in [-0.3, -0.25) is 4.79 Å². The molecule has 5 nitrogen and oxygen atoms in total. The standard InChI is InChI=1S/C26H22O5/c1-17(27)15-21(18-9-3-2-4-10-18)22-16-30-24-14-8-6-12-20(24)25(22)31-26(29)19-11-5-7-13-23(19)28/h2-14,21,28H,15-16H2,1H3. The van der Waals surface area contributed by atoms with E-state index in [9.17, 15) is 14.7 Å². The first-order valence-electron chi connectivity index (χ1n) is 10.0. The number of phenolic OH excluding ortho intramolecular Hbond substituents is 1. The quantitative estimate of drug-likeness (QED) is 0.567. The van der Waals surface area contributed by atoms with Gasteiger partial charge in [0.2, 0.25) is 0 Å². The molecule has 1 aliphatic rings. The van der Waals surface area contributed by atoms with Crippen molar-refractivity contribution in [3.8, 4) is 11.5 Å². The van der Waals surface area contributed by atoms with E-state index in [1.54, 1.807) is 19.1 Å². The van der Waals surface area contributed by atoms with Crippen molar-refractivity contribution < 1.29 is 24.2 Å². The molecule has 0 spiro atoms. The van der Waals surface area contributed by atoms with Crippen LogP contribution in [0.1, 0.15) is 40.7 Å². The van der Waals surface area contributed by atoms with Crippen LogP contribution in [0, 0.1) is 0 Å². The van der Waals surface area contributed by atoms with Gasteiger partial charge in [0.15, 0.2) is 0 Å². The topological polar surface area (TPSA) is 72.8 Å². The van der Waals surface area contributed by atoms with Crippen LogP contribution < -0.4 is 4.74 Å². The predicted molar refractivity (Wildman–Crippen MR) is 117 cm³/mol. The molecule has 31 heavy (non-hydrogen) atoms. The Morgan fingerprint density at radius 3 is 2.39 bits per heavy atom. The normalized spacial score (nSPS) is 13.7. The molecule has 0 saturated carbocycles. The van der Waals surface area contributed by atoms with Crippen LogP contribution in [-0.4, -0.2) is 23.5 Å². The van der Waals surface area contributed by atoms with Crippen molar-refractivity contribution in [2.24, 2.45) is 0 Å². The number of carbonyl (C=O) groups is 2. The summed E-state index contributed by atoms with van der Waals surface area (Å²) in [5, 5.41) is 10.1. The first kappa shape index (κ1) is 20.4. The summed E-state index contributed by atoms with van der Waals surface area (Å²) in [5.74, 6) is -0.146. The molecular weight excluding hydrogens is 392 g/mol. The van der Waals surface area contributed by atoms with E-state index in [0.29, 0.717) is 22.6 Å². The average Bonchev–Trinajstić information content (AvgIpc) is 2.78. The zero-order valence-electron chi connectivity index (χ0n) is 17.1. The van der Waals surface area contributed by atoms with Gasteiger partial charge in [-0.25, -0.2) is 4.79 Å². The van der Waals surface area contributed by atoms with Crippen LogP contribution in [0.4, 0.5) is 0 Å². The highest BCUT2D eigenvalue weighted by molar-refractivity contribution is 5.96. The van der Waals surface area contributed by atoms with Crippen molar-refractivity contribution in [1.82, 2.24) is 0 Å². The third-order valence-corrected chi connectivity index (χ3v) is 5.24. The molecule has 1 atom stereocenters. The minimum Gasteiger partial charge on any atom is -0.507 e. The first-order valence-corrected chi connectivity index (χ1v) is 10.0. The molecule has 3 aromatic carbocycles. The van der Waals surface area contributed by atoms with E-state index >= 15 is 0 Å². The molecule has 0 fully saturated rings. The second-order valence-corrected chi connectivity index (χ2v) is 7.42. The Morgan fingerprint density at radius 2 is 1.65 bits per heavy atom. The van der Waals surface area contributed by atoms with Crippen molar-refractivity contribution in [3.05, 3.63) is 101 Å². The third-order valence-electron chi connectivity index (χ3n) is 5.24. The molecule has 0 aromatic heterocycles. The van der Waals surface area contributed by atoms with Crippen LogP contribution in [0.5, 0.6) is 11.5 Å². The smallest absolute Gasteiger partial charge is 0.347 e. The minimum atomic E-state index is -0.670. The molecule has 1 heterocycles. The maximum absolute atomic E-state index is 12.9. The fraction of sp³-hybridized carbons (Fsp3) is 0.154. The number of rotatable bonds is 6. The van der Waals surface area contributed by atoms with E-state index in [-0.39, 0.29) is 36.0 Å². The molecule has 1 aliphatic heterocycles. The summed E-state index contributed by atoms with van der Waals surface area (Å²) in [7, 11) is 0. The molecule has 1 unspecified atom stereocenters. The van der Waals surface area contributed by atoms with Gasteiger partial charge in [-0.1, -0.05) is 54.6 Å². The summed E-state index contributed by atoms with van der Waals surface area (Å²) >= 11 is 0. The molecule has 5 heteroatoms. The summed E-state index contributed by atoms with van der Waals surface area (Å²) < 4.78 is 11.8. The van der Waals surface area contributed by atoms with Crippen LogP contribution in [-0.2, 0) is 9.53 Å². The van der Waals surface area contributed by atoms with E-state index in [1.165, 1.54) is 12.1 Å². The lowest BCUT2D eigenvalue weighted by Gasteiger charge is -2.28. The lowest BCUT2D eigenvalue weighted by Crippen LogP contribution is -2.21. The molecule has 0 amide bonds. The number of para-hydroxylation sites is 2. The maximum Gasteiger partial charge on any atom is 0.347 e. The Kier molecular flexibility index (Phi) is 5.85. The number of hydrogen-bond donors (Lipinski definition) is 1. The largest absolute Gasteiger partial charge is 0.507 e. The molecule has 0 bridgehead atoms. The zero-order valence-corrected chi connectivity index (χ0v) is 17.1. The van der Waals surface area contributed by atoms with Crippen LogP contribution in [0.25, 0.3) is 5.76 Å². The SMILES string of the molecule is CC(=O)CC(C1=C(OC(=O)c2ccccc2O)c2ccccc2OC1)c1ccccc1. The summed E-state index contributed by atoms with van der Waals surface area (Å²) in [5.41, 5.74) is 2.36. The molecular formula is C26H22O5. The highest BCUT2D eigenvalue weighted by atomic mass is 16.5. The van der Waals surface area contributed by atoms with Crippen molar-refractivity contribution in [3.63, 3.8) is 0 Å². The number of esters is 1. The van der Waals surface area contributed by atoms with Crippen LogP contribution in [0.15, 0.2) is 84.4 Å².